The Morgan fingerprint density at radius 1 is 1.41 bits per heavy atom. The number of nitrogens with one attached hydrogen (secondary N) is 1. The molecule has 0 heterocycles. The van der Waals surface area contributed by atoms with Gasteiger partial charge in [-0.2, -0.15) is 0 Å². The van der Waals surface area contributed by atoms with Crippen LogP contribution in [0.2, 0.25) is 0 Å². The first-order valence-electron chi connectivity index (χ1n) is 5.84. The highest BCUT2D eigenvalue weighted by atomic mass is 32.1. The van der Waals surface area contributed by atoms with E-state index in [9.17, 15) is 13.6 Å². The molecule has 1 fully saturated rings. The molecular formula is C11H18F2N2OS. The van der Waals surface area contributed by atoms with Gasteiger partial charge in [-0.15, -0.1) is 0 Å². The molecule has 3 N–H and O–H groups in total. The van der Waals surface area contributed by atoms with Gasteiger partial charge in [0.25, 0.3) is 0 Å². The SMILES string of the molecule is NC(=S)CCCNC(=O)C1CCC(F)(F)CC1. The van der Waals surface area contributed by atoms with Crippen LogP contribution < -0.4 is 11.1 Å². The Labute approximate surface area is 105 Å². The molecule has 0 atom stereocenters. The summed E-state index contributed by atoms with van der Waals surface area (Å²) in [4.78, 5) is 12.1. The fourth-order valence-electron chi connectivity index (χ4n) is 1.92. The normalized spacial score (nSPS) is 19.9. The highest BCUT2D eigenvalue weighted by Crippen LogP contribution is 2.36. The Morgan fingerprint density at radius 3 is 2.53 bits per heavy atom. The molecule has 6 heteroatoms. The van der Waals surface area contributed by atoms with Gasteiger partial charge in [-0.1, -0.05) is 12.2 Å². The third-order valence-corrected chi connectivity index (χ3v) is 3.19. The minimum atomic E-state index is -2.58. The Morgan fingerprint density at radius 2 is 2.00 bits per heavy atom. The summed E-state index contributed by atoms with van der Waals surface area (Å²) in [6.45, 7) is 0.503. The maximum atomic E-state index is 12.9. The van der Waals surface area contributed by atoms with Gasteiger partial charge >= 0.3 is 0 Å². The van der Waals surface area contributed by atoms with Crippen LogP contribution in [-0.4, -0.2) is 23.4 Å². The van der Waals surface area contributed by atoms with Gasteiger partial charge in [0.2, 0.25) is 11.8 Å². The molecule has 1 amide bonds. The summed E-state index contributed by atoms with van der Waals surface area (Å²) in [6.07, 6.45) is 1.47. The van der Waals surface area contributed by atoms with Gasteiger partial charge in [-0.05, 0) is 25.7 Å². The van der Waals surface area contributed by atoms with Crippen molar-refractivity contribution in [3.63, 3.8) is 0 Å². The third kappa shape index (κ3) is 5.39. The number of alkyl halides is 2. The molecule has 0 aromatic rings. The Hall–Kier alpha value is -0.780. The van der Waals surface area contributed by atoms with Gasteiger partial charge in [0.05, 0.1) is 4.99 Å². The molecule has 0 aromatic carbocycles. The topological polar surface area (TPSA) is 55.1 Å². The molecule has 0 bridgehead atoms. The quantitative estimate of drug-likeness (QED) is 0.590. The second kappa shape index (κ2) is 6.23. The maximum Gasteiger partial charge on any atom is 0.248 e. The molecule has 3 nitrogen and oxygen atoms in total. The zero-order valence-corrected chi connectivity index (χ0v) is 10.5. The van der Waals surface area contributed by atoms with E-state index >= 15 is 0 Å². The smallest absolute Gasteiger partial charge is 0.248 e. The lowest BCUT2D eigenvalue weighted by molar-refractivity contribution is -0.129. The van der Waals surface area contributed by atoms with Crippen molar-refractivity contribution in [3.8, 4) is 0 Å². The summed E-state index contributed by atoms with van der Waals surface area (Å²) < 4.78 is 25.8. The molecule has 0 unspecified atom stereocenters. The van der Waals surface area contributed by atoms with Crippen molar-refractivity contribution >= 4 is 23.1 Å². The highest BCUT2D eigenvalue weighted by molar-refractivity contribution is 7.80. The molecule has 0 aliphatic heterocycles. The molecule has 0 spiro atoms. The Bertz CT molecular complexity index is 287. The zero-order valence-electron chi connectivity index (χ0n) is 9.68. The molecule has 1 aliphatic rings. The van der Waals surface area contributed by atoms with E-state index in [1.807, 2.05) is 0 Å². The van der Waals surface area contributed by atoms with Gasteiger partial charge in [0.1, 0.15) is 0 Å². The standard InChI is InChI=1S/C11H18F2N2OS/c12-11(13)5-3-8(4-6-11)10(16)15-7-1-2-9(14)17/h8H,1-7H2,(H2,14,17)(H,15,16). The number of rotatable bonds is 5. The first-order valence-corrected chi connectivity index (χ1v) is 6.25. The van der Waals surface area contributed by atoms with Crippen molar-refractivity contribution in [2.75, 3.05) is 6.54 Å². The van der Waals surface area contributed by atoms with Crippen LogP contribution in [0, 0.1) is 5.92 Å². The van der Waals surface area contributed by atoms with Crippen molar-refractivity contribution in [1.82, 2.24) is 5.32 Å². The van der Waals surface area contributed by atoms with Crippen LogP contribution in [0.4, 0.5) is 8.78 Å². The van der Waals surface area contributed by atoms with Gasteiger partial charge < -0.3 is 11.1 Å². The van der Waals surface area contributed by atoms with Crippen LogP contribution in [0.5, 0.6) is 0 Å². The van der Waals surface area contributed by atoms with Crippen molar-refractivity contribution in [1.29, 1.82) is 0 Å². The Kier molecular flexibility index (Phi) is 5.24. The summed E-state index contributed by atoms with van der Waals surface area (Å²) in [5.41, 5.74) is 5.32. The predicted molar refractivity (Wildman–Crippen MR) is 65.9 cm³/mol. The second-order valence-corrected chi connectivity index (χ2v) is 5.02. The summed E-state index contributed by atoms with van der Waals surface area (Å²) >= 11 is 4.71. The van der Waals surface area contributed by atoms with Crippen molar-refractivity contribution in [2.24, 2.45) is 11.7 Å². The van der Waals surface area contributed by atoms with E-state index in [1.54, 1.807) is 0 Å². The van der Waals surface area contributed by atoms with Crippen LogP contribution in [0.3, 0.4) is 0 Å². The lowest BCUT2D eigenvalue weighted by Crippen LogP contribution is -2.36. The average molecular weight is 264 g/mol. The van der Waals surface area contributed by atoms with E-state index in [4.69, 9.17) is 18.0 Å². The van der Waals surface area contributed by atoms with Crippen LogP contribution in [-0.2, 0) is 4.79 Å². The summed E-state index contributed by atoms with van der Waals surface area (Å²) in [5, 5.41) is 2.74. The second-order valence-electron chi connectivity index (χ2n) is 4.49. The van der Waals surface area contributed by atoms with Crippen LogP contribution in [0.1, 0.15) is 38.5 Å². The first kappa shape index (κ1) is 14.3. The highest BCUT2D eigenvalue weighted by Gasteiger charge is 2.37. The molecule has 1 aliphatic carbocycles. The van der Waals surface area contributed by atoms with Crippen molar-refractivity contribution in [3.05, 3.63) is 0 Å². The first-order chi connectivity index (χ1) is 7.91. The van der Waals surface area contributed by atoms with Crippen LogP contribution >= 0.6 is 12.2 Å². The molecular weight excluding hydrogens is 246 g/mol. The van der Waals surface area contributed by atoms with Crippen molar-refractivity contribution < 1.29 is 13.6 Å². The van der Waals surface area contributed by atoms with Gasteiger partial charge in [-0.3, -0.25) is 4.79 Å². The van der Waals surface area contributed by atoms with E-state index in [2.05, 4.69) is 5.32 Å². The van der Waals surface area contributed by atoms with Crippen LogP contribution in [0.25, 0.3) is 0 Å². The lowest BCUT2D eigenvalue weighted by Gasteiger charge is -2.27. The molecule has 0 saturated heterocycles. The van der Waals surface area contributed by atoms with E-state index in [-0.39, 0.29) is 37.5 Å². The summed E-state index contributed by atoms with van der Waals surface area (Å²) in [5.74, 6) is -2.97. The number of nitrogens with two attached hydrogens (primary N) is 1. The maximum absolute atomic E-state index is 12.9. The van der Waals surface area contributed by atoms with E-state index in [0.29, 0.717) is 24.4 Å². The number of hydrogen-bond acceptors (Lipinski definition) is 2. The number of carbonyl (C=O) groups is 1. The number of thiocarbonyl (C=S) groups is 1. The van der Waals surface area contributed by atoms with Crippen LogP contribution in [0.15, 0.2) is 0 Å². The fraction of sp³-hybridized carbons (Fsp3) is 0.818. The van der Waals surface area contributed by atoms with Gasteiger partial charge in [0.15, 0.2) is 0 Å². The fourth-order valence-corrected chi connectivity index (χ4v) is 2.07. The Balaban J connectivity index is 2.18. The van der Waals surface area contributed by atoms with E-state index in [0.717, 1.165) is 0 Å². The molecule has 17 heavy (non-hydrogen) atoms. The summed E-state index contributed by atoms with van der Waals surface area (Å²) in [6, 6.07) is 0. The number of carbonyl (C=O) groups excluding carboxylic acids is 1. The molecule has 1 saturated carbocycles. The number of amides is 1. The monoisotopic (exact) mass is 264 g/mol. The minimum absolute atomic E-state index is 0.122. The largest absolute Gasteiger partial charge is 0.393 e. The predicted octanol–water partition coefficient (Wildman–Crippen LogP) is 1.99. The van der Waals surface area contributed by atoms with Gasteiger partial charge in [-0.25, -0.2) is 8.78 Å². The molecule has 98 valence electrons. The van der Waals surface area contributed by atoms with Gasteiger partial charge in [0, 0.05) is 25.3 Å². The molecule has 1 rings (SSSR count). The third-order valence-electron chi connectivity index (χ3n) is 2.99. The lowest BCUT2D eigenvalue weighted by atomic mass is 9.86. The molecule has 0 radical (unpaired) electrons. The minimum Gasteiger partial charge on any atom is -0.393 e. The van der Waals surface area contributed by atoms with E-state index < -0.39 is 5.92 Å². The summed E-state index contributed by atoms with van der Waals surface area (Å²) in [7, 11) is 0. The molecule has 0 aromatic heterocycles. The van der Waals surface area contributed by atoms with Crippen molar-refractivity contribution in [2.45, 2.75) is 44.4 Å². The zero-order chi connectivity index (χ0) is 12.9. The van der Waals surface area contributed by atoms with E-state index in [1.165, 1.54) is 0 Å². The average Bonchev–Trinajstić information content (AvgIpc) is 2.23. The number of hydrogen-bond donors (Lipinski definition) is 2. The number of halogens is 2.